The summed E-state index contributed by atoms with van der Waals surface area (Å²) in [5.74, 6) is 0. The fourth-order valence-electron chi connectivity index (χ4n) is 13.8. The van der Waals surface area contributed by atoms with Crippen molar-refractivity contribution in [2.24, 2.45) is 0 Å². The first kappa shape index (κ1) is 51.1. The van der Waals surface area contributed by atoms with Crippen LogP contribution in [0.4, 0.5) is 34.1 Å². The summed E-state index contributed by atoms with van der Waals surface area (Å²) in [6.07, 6.45) is 0. The molecule has 0 atom stereocenters. The molecule has 0 bridgehead atoms. The third-order valence-electron chi connectivity index (χ3n) is 18.2. The lowest BCUT2D eigenvalue weighted by Gasteiger charge is -2.27. The monoisotopic (exact) mass is 1150 g/mol. The van der Waals surface area contributed by atoms with Crippen LogP contribution in [-0.4, -0.2) is 9.13 Å². The van der Waals surface area contributed by atoms with E-state index in [9.17, 15) is 0 Å². The predicted octanol–water partition coefficient (Wildman–Crippen LogP) is 23.6. The number of rotatable bonds is 11. The zero-order chi connectivity index (χ0) is 59.2. The number of hydrogen-bond donors (Lipinski definition) is 0. The zero-order valence-corrected chi connectivity index (χ0v) is 48.8. The van der Waals surface area contributed by atoms with E-state index >= 15 is 0 Å². The Morgan fingerprint density at radius 2 is 0.422 bits per heavy atom. The summed E-state index contributed by atoms with van der Waals surface area (Å²) in [5.41, 5.74) is 23.5. The molecule has 18 aromatic rings. The smallest absolute Gasteiger partial charge is 0.136 e. The number of anilines is 6. The van der Waals surface area contributed by atoms with E-state index in [4.69, 9.17) is 8.83 Å². The first-order valence-electron chi connectivity index (χ1n) is 30.6. The number of aromatic nitrogens is 2. The second-order valence-electron chi connectivity index (χ2n) is 23.2. The lowest BCUT2D eigenvalue weighted by atomic mass is 10.0. The number of para-hydroxylation sites is 6. The molecule has 4 aromatic heterocycles. The fraction of sp³-hybridized carbons (Fsp3) is 0. The van der Waals surface area contributed by atoms with Crippen LogP contribution in [0.3, 0.4) is 0 Å². The Kier molecular flexibility index (Phi) is 11.8. The lowest BCUT2D eigenvalue weighted by molar-refractivity contribution is 0.668. The van der Waals surface area contributed by atoms with Gasteiger partial charge in [0, 0.05) is 88.6 Å². The summed E-state index contributed by atoms with van der Waals surface area (Å²) in [4.78, 5) is 4.70. The first-order chi connectivity index (χ1) is 44.6. The van der Waals surface area contributed by atoms with Crippen molar-refractivity contribution in [1.29, 1.82) is 0 Å². The third-order valence-corrected chi connectivity index (χ3v) is 18.2. The molecule has 422 valence electrons. The van der Waals surface area contributed by atoms with E-state index < -0.39 is 0 Å². The van der Waals surface area contributed by atoms with Gasteiger partial charge in [-0.15, -0.1) is 0 Å². The quantitative estimate of drug-likeness (QED) is 0.129. The SMILES string of the molecule is c1ccc2c(c1)oc1cc(-c3ccc(N(c4ccc(-c5ccc(N(c6ccc(-c7ccc8c(c7)oc7ccccc78)cc6)c6ccc(-n7c8ccccc8c8ccccc87)cc6)cc5)cc4)c4ccc(-n5c6ccccc6c6ccccc65)cc4)cc3)ccc12. The summed E-state index contributed by atoms with van der Waals surface area (Å²) < 4.78 is 17.4. The molecule has 90 heavy (non-hydrogen) atoms. The Hall–Kier alpha value is -12.1. The van der Waals surface area contributed by atoms with Gasteiger partial charge in [0.15, 0.2) is 0 Å². The topological polar surface area (TPSA) is 42.6 Å². The predicted molar refractivity (Wildman–Crippen MR) is 375 cm³/mol. The fourth-order valence-corrected chi connectivity index (χ4v) is 13.8. The van der Waals surface area contributed by atoms with Gasteiger partial charge in [-0.2, -0.15) is 0 Å². The minimum Gasteiger partial charge on any atom is -0.456 e. The average Bonchev–Trinajstić information content (AvgIpc) is 3.20. The Morgan fingerprint density at radius 3 is 0.733 bits per heavy atom. The largest absolute Gasteiger partial charge is 0.456 e. The van der Waals surface area contributed by atoms with Crippen LogP contribution >= 0.6 is 0 Å². The molecule has 0 fully saturated rings. The second-order valence-corrected chi connectivity index (χ2v) is 23.2. The van der Waals surface area contributed by atoms with Crippen LogP contribution in [-0.2, 0) is 0 Å². The maximum Gasteiger partial charge on any atom is 0.136 e. The summed E-state index contributed by atoms with van der Waals surface area (Å²) >= 11 is 0. The van der Waals surface area contributed by atoms with Crippen molar-refractivity contribution in [3.8, 4) is 44.8 Å². The standard InChI is InChI=1S/C84H54N4O2/c1-7-19-77-69(13-1)70-14-2-8-20-78(70)87(77)67-47-43-65(44-48-67)85(63-39-29-57(30-40-63)59-33-51-75-73-17-5-11-23-81(73)89-83(75)53-59)61-35-25-55(26-36-61)56-27-37-62(38-28-56)86(64-41-31-58(32-42-64)60-34-52-76-74-18-6-12-24-82(74)90-84(76)54-60)66-45-49-68(50-46-66)88-79-21-9-3-15-71(79)72-16-4-10-22-80(72)88/h1-54H. The van der Waals surface area contributed by atoms with Crippen molar-refractivity contribution in [3.05, 3.63) is 328 Å². The van der Waals surface area contributed by atoms with Gasteiger partial charge in [-0.05, 0) is 191 Å². The van der Waals surface area contributed by atoms with Crippen LogP contribution in [0.15, 0.2) is 336 Å². The lowest BCUT2D eigenvalue weighted by Crippen LogP contribution is -2.10. The number of benzene rings is 14. The van der Waals surface area contributed by atoms with E-state index in [1.807, 2.05) is 24.3 Å². The summed E-state index contributed by atoms with van der Waals surface area (Å²) in [6, 6.07) is 118. The van der Waals surface area contributed by atoms with E-state index in [0.717, 1.165) is 123 Å². The van der Waals surface area contributed by atoms with Gasteiger partial charge in [-0.1, -0.05) is 170 Å². The van der Waals surface area contributed by atoms with Crippen LogP contribution in [0.2, 0.25) is 0 Å². The van der Waals surface area contributed by atoms with Crippen molar-refractivity contribution in [3.63, 3.8) is 0 Å². The number of hydrogen-bond acceptors (Lipinski definition) is 4. The van der Waals surface area contributed by atoms with Crippen LogP contribution in [0.5, 0.6) is 0 Å². The Bertz CT molecular complexity index is 5290. The molecule has 0 N–H and O–H groups in total. The molecule has 14 aromatic carbocycles. The van der Waals surface area contributed by atoms with Crippen LogP contribution in [0, 0.1) is 0 Å². The zero-order valence-electron chi connectivity index (χ0n) is 48.8. The highest BCUT2D eigenvalue weighted by Gasteiger charge is 2.20. The molecule has 0 aliphatic rings. The molecular formula is C84H54N4O2. The van der Waals surface area contributed by atoms with Gasteiger partial charge in [-0.25, -0.2) is 0 Å². The van der Waals surface area contributed by atoms with E-state index in [0.29, 0.717) is 0 Å². The van der Waals surface area contributed by atoms with Gasteiger partial charge in [0.1, 0.15) is 22.3 Å². The van der Waals surface area contributed by atoms with Crippen LogP contribution < -0.4 is 9.80 Å². The molecule has 0 spiro atoms. The van der Waals surface area contributed by atoms with Gasteiger partial charge >= 0.3 is 0 Å². The highest BCUT2D eigenvalue weighted by atomic mass is 16.3. The third kappa shape index (κ3) is 8.49. The summed E-state index contributed by atoms with van der Waals surface area (Å²) in [6.45, 7) is 0. The molecule has 0 aliphatic carbocycles. The molecule has 0 amide bonds. The Morgan fingerprint density at radius 1 is 0.189 bits per heavy atom. The number of furan rings is 2. The second kappa shape index (κ2) is 20.8. The molecule has 0 saturated carbocycles. The van der Waals surface area contributed by atoms with Gasteiger partial charge in [0.05, 0.1) is 22.1 Å². The maximum absolute atomic E-state index is 6.32. The Labute approximate surface area is 518 Å². The Balaban J connectivity index is 0.691. The van der Waals surface area contributed by atoms with Gasteiger partial charge in [0.2, 0.25) is 0 Å². The molecule has 0 saturated heterocycles. The van der Waals surface area contributed by atoms with Crippen molar-refractivity contribution >= 4 is 122 Å². The van der Waals surface area contributed by atoms with Crippen molar-refractivity contribution in [2.75, 3.05) is 9.80 Å². The normalized spacial score (nSPS) is 11.8. The van der Waals surface area contributed by atoms with Gasteiger partial charge < -0.3 is 27.8 Å². The average molecular weight is 1150 g/mol. The highest BCUT2D eigenvalue weighted by Crippen LogP contribution is 2.43. The molecule has 0 unspecified atom stereocenters. The van der Waals surface area contributed by atoms with E-state index in [2.05, 4.69) is 322 Å². The number of fused-ring (bicyclic) bond motifs is 12. The van der Waals surface area contributed by atoms with Crippen molar-refractivity contribution in [2.45, 2.75) is 0 Å². The maximum atomic E-state index is 6.32. The van der Waals surface area contributed by atoms with Gasteiger partial charge in [0.25, 0.3) is 0 Å². The molecule has 0 radical (unpaired) electrons. The van der Waals surface area contributed by atoms with E-state index in [1.165, 1.54) is 43.6 Å². The summed E-state index contributed by atoms with van der Waals surface area (Å²) in [5, 5.41) is 9.48. The summed E-state index contributed by atoms with van der Waals surface area (Å²) in [7, 11) is 0. The van der Waals surface area contributed by atoms with Crippen LogP contribution in [0.25, 0.3) is 132 Å². The van der Waals surface area contributed by atoms with E-state index in [1.54, 1.807) is 0 Å². The first-order valence-corrected chi connectivity index (χ1v) is 30.6. The molecule has 4 heterocycles. The molecule has 6 heteroatoms. The highest BCUT2D eigenvalue weighted by molar-refractivity contribution is 6.11. The number of nitrogens with zero attached hydrogens (tertiary/aromatic N) is 4. The molecule has 6 nitrogen and oxygen atoms in total. The minimum atomic E-state index is 0.886. The molecule has 0 aliphatic heterocycles. The minimum absolute atomic E-state index is 0.886. The molecule has 18 rings (SSSR count). The van der Waals surface area contributed by atoms with Crippen molar-refractivity contribution < 1.29 is 8.83 Å². The van der Waals surface area contributed by atoms with E-state index in [-0.39, 0.29) is 0 Å². The van der Waals surface area contributed by atoms with Crippen molar-refractivity contribution in [1.82, 2.24) is 9.13 Å². The van der Waals surface area contributed by atoms with Crippen LogP contribution in [0.1, 0.15) is 0 Å². The molecular weight excluding hydrogens is 1100 g/mol. The van der Waals surface area contributed by atoms with Gasteiger partial charge in [-0.3, -0.25) is 0 Å².